The molecular weight excluding hydrogens is 300 g/mol. The minimum absolute atomic E-state index is 0.0501. The normalized spacial score (nSPS) is 13.1. The Bertz CT molecular complexity index is 1030. The number of hydrogen-bond acceptors (Lipinski definition) is 3. The van der Waals surface area contributed by atoms with Crippen molar-refractivity contribution in [3.63, 3.8) is 0 Å². The van der Waals surface area contributed by atoms with Crippen LogP contribution in [0.5, 0.6) is 0 Å². The average molecular weight is 314 g/mol. The number of nitrogens with zero attached hydrogens (tertiary/aromatic N) is 3. The molecule has 0 bridgehead atoms. The van der Waals surface area contributed by atoms with Gasteiger partial charge in [0, 0.05) is 23.1 Å². The van der Waals surface area contributed by atoms with Crippen LogP contribution < -0.4 is 0 Å². The Kier molecular flexibility index (Phi) is 3.17. The molecule has 0 saturated carbocycles. The molecule has 0 fully saturated rings. The molecule has 0 atom stereocenters. The van der Waals surface area contributed by atoms with E-state index >= 15 is 0 Å². The zero-order valence-electron chi connectivity index (χ0n) is 12.9. The van der Waals surface area contributed by atoms with Gasteiger partial charge in [0.05, 0.1) is 24.3 Å². The lowest BCUT2D eigenvalue weighted by Crippen LogP contribution is -2.25. The van der Waals surface area contributed by atoms with Crippen molar-refractivity contribution in [2.45, 2.75) is 6.54 Å². The second kappa shape index (κ2) is 5.36. The summed E-state index contributed by atoms with van der Waals surface area (Å²) in [6.45, 7) is 4.44. The molecule has 3 aromatic rings. The van der Waals surface area contributed by atoms with Crippen LogP contribution in [0.15, 0.2) is 54.7 Å². The molecule has 2 aromatic carbocycles. The Morgan fingerprint density at radius 3 is 3.00 bits per heavy atom. The number of rotatable bonds is 3. The fraction of sp³-hybridized carbons (Fsp3) is 0.105. The third kappa shape index (κ3) is 2.17. The Morgan fingerprint density at radius 2 is 2.17 bits per heavy atom. The molecule has 1 aliphatic rings. The third-order valence-corrected chi connectivity index (χ3v) is 4.34. The van der Waals surface area contributed by atoms with Crippen LogP contribution in [-0.2, 0) is 6.54 Å². The van der Waals surface area contributed by atoms with E-state index < -0.39 is 0 Å². The molecule has 5 heteroatoms. The molecule has 0 unspecified atom stereocenters. The second-order valence-electron chi connectivity index (χ2n) is 5.88. The molecule has 4 rings (SSSR count). The number of H-pyrrole nitrogens is 1. The van der Waals surface area contributed by atoms with E-state index in [-0.39, 0.29) is 12.5 Å². The molecule has 0 spiro atoms. The van der Waals surface area contributed by atoms with Gasteiger partial charge < -0.3 is 4.90 Å². The van der Waals surface area contributed by atoms with Crippen LogP contribution >= 0.6 is 0 Å². The molecule has 0 saturated heterocycles. The fourth-order valence-corrected chi connectivity index (χ4v) is 3.16. The molecule has 1 aromatic heterocycles. The molecule has 1 amide bonds. The number of amides is 1. The quantitative estimate of drug-likeness (QED) is 0.754. The summed E-state index contributed by atoms with van der Waals surface area (Å²) in [5, 5.41) is 17.0. The highest BCUT2D eigenvalue weighted by atomic mass is 16.2. The van der Waals surface area contributed by atoms with Gasteiger partial charge in [-0.1, -0.05) is 30.8 Å². The van der Waals surface area contributed by atoms with Crippen molar-refractivity contribution in [1.29, 1.82) is 5.26 Å². The summed E-state index contributed by atoms with van der Waals surface area (Å²) < 4.78 is 0. The molecule has 0 aliphatic carbocycles. The van der Waals surface area contributed by atoms with Crippen molar-refractivity contribution < 1.29 is 4.79 Å². The van der Waals surface area contributed by atoms with Gasteiger partial charge in [0.2, 0.25) is 0 Å². The van der Waals surface area contributed by atoms with E-state index in [0.717, 1.165) is 27.6 Å². The summed E-state index contributed by atoms with van der Waals surface area (Å²) in [6, 6.07) is 13.8. The minimum atomic E-state index is -0.0501. The number of benzene rings is 2. The van der Waals surface area contributed by atoms with Gasteiger partial charge in [0.15, 0.2) is 0 Å². The molecule has 1 aliphatic heterocycles. The lowest BCUT2D eigenvalue weighted by Gasteiger charge is -2.14. The zero-order valence-corrected chi connectivity index (χ0v) is 12.9. The van der Waals surface area contributed by atoms with E-state index in [2.05, 4.69) is 16.8 Å². The number of aromatic amines is 1. The number of nitrogens with one attached hydrogen (secondary N) is 1. The summed E-state index contributed by atoms with van der Waals surface area (Å²) in [6.07, 6.45) is 1.79. The first kappa shape index (κ1) is 14.2. The SMILES string of the molecule is C=C(C#N)CN1Cc2c(cccc2-c2ccc3cn[nH]c3c2)C1=O. The number of carbonyl (C=O) groups excluding carboxylic acids is 1. The van der Waals surface area contributed by atoms with E-state index in [4.69, 9.17) is 5.26 Å². The van der Waals surface area contributed by atoms with Crippen LogP contribution in [0.2, 0.25) is 0 Å². The maximum Gasteiger partial charge on any atom is 0.254 e. The van der Waals surface area contributed by atoms with Gasteiger partial charge in [-0.3, -0.25) is 9.89 Å². The highest BCUT2D eigenvalue weighted by Gasteiger charge is 2.29. The van der Waals surface area contributed by atoms with Crippen molar-refractivity contribution in [2.24, 2.45) is 0 Å². The van der Waals surface area contributed by atoms with Gasteiger partial charge in [0.25, 0.3) is 5.91 Å². The lowest BCUT2D eigenvalue weighted by molar-refractivity contribution is 0.0794. The molecule has 2 heterocycles. The summed E-state index contributed by atoms with van der Waals surface area (Å²) in [5.74, 6) is -0.0501. The largest absolute Gasteiger partial charge is 0.329 e. The van der Waals surface area contributed by atoms with Gasteiger partial charge in [0.1, 0.15) is 0 Å². The topological polar surface area (TPSA) is 72.8 Å². The van der Waals surface area contributed by atoms with E-state index in [1.165, 1.54) is 0 Å². The predicted molar refractivity (Wildman–Crippen MR) is 91.0 cm³/mol. The summed E-state index contributed by atoms with van der Waals surface area (Å²) in [7, 11) is 0. The first-order chi connectivity index (χ1) is 11.7. The average Bonchev–Trinajstić information content (AvgIpc) is 3.19. The first-order valence-corrected chi connectivity index (χ1v) is 7.60. The van der Waals surface area contributed by atoms with Gasteiger partial charge in [-0.05, 0) is 28.8 Å². The van der Waals surface area contributed by atoms with Crippen molar-refractivity contribution >= 4 is 16.8 Å². The standard InChI is InChI=1S/C19H14N4O/c1-12(8-20)10-23-11-17-15(3-2-4-16(17)19(23)24)13-5-6-14-9-21-22-18(14)7-13/h2-7,9H,1,10-11H2,(H,21,22). The number of nitriles is 1. The predicted octanol–water partition coefficient (Wildman–Crippen LogP) is 3.27. The number of aromatic nitrogens is 2. The van der Waals surface area contributed by atoms with Crippen molar-refractivity contribution in [2.75, 3.05) is 6.54 Å². The second-order valence-corrected chi connectivity index (χ2v) is 5.88. The van der Waals surface area contributed by atoms with E-state index in [1.54, 1.807) is 11.1 Å². The lowest BCUT2D eigenvalue weighted by atomic mass is 9.96. The van der Waals surface area contributed by atoms with E-state index in [0.29, 0.717) is 17.7 Å². The van der Waals surface area contributed by atoms with Gasteiger partial charge in [-0.15, -0.1) is 0 Å². The monoisotopic (exact) mass is 314 g/mol. The highest BCUT2D eigenvalue weighted by molar-refractivity contribution is 6.01. The van der Waals surface area contributed by atoms with Crippen LogP contribution in [0, 0.1) is 11.3 Å². The van der Waals surface area contributed by atoms with Gasteiger partial charge in [-0.25, -0.2) is 0 Å². The van der Waals surface area contributed by atoms with Crippen LogP contribution in [0.25, 0.3) is 22.0 Å². The summed E-state index contributed by atoms with van der Waals surface area (Å²) in [5.41, 5.74) is 5.11. The molecule has 24 heavy (non-hydrogen) atoms. The smallest absolute Gasteiger partial charge is 0.254 e. The maximum atomic E-state index is 12.6. The van der Waals surface area contributed by atoms with Crippen LogP contribution in [-0.4, -0.2) is 27.5 Å². The first-order valence-electron chi connectivity index (χ1n) is 7.60. The number of fused-ring (bicyclic) bond motifs is 2. The van der Waals surface area contributed by atoms with Crippen LogP contribution in [0.4, 0.5) is 0 Å². The molecule has 116 valence electrons. The molecule has 5 nitrogen and oxygen atoms in total. The fourth-order valence-electron chi connectivity index (χ4n) is 3.16. The highest BCUT2D eigenvalue weighted by Crippen LogP contribution is 2.33. The molecule has 1 N–H and O–H groups in total. The van der Waals surface area contributed by atoms with Crippen molar-refractivity contribution in [3.05, 3.63) is 65.9 Å². The number of hydrogen-bond donors (Lipinski definition) is 1. The summed E-state index contributed by atoms with van der Waals surface area (Å²) >= 11 is 0. The summed E-state index contributed by atoms with van der Waals surface area (Å²) in [4.78, 5) is 14.2. The minimum Gasteiger partial charge on any atom is -0.329 e. The maximum absolute atomic E-state index is 12.6. The molecular formula is C19H14N4O. The van der Waals surface area contributed by atoms with Crippen LogP contribution in [0.3, 0.4) is 0 Å². The Labute approximate surface area is 138 Å². The van der Waals surface area contributed by atoms with Gasteiger partial charge >= 0.3 is 0 Å². The van der Waals surface area contributed by atoms with Gasteiger partial charge in [-0.2, -0.15) is 10.4 Å². The van der Waals surface area contributed by atoms with Crippen LogP contribution in [0.1, 0.15) is 15.9 Å². The van der Waals surface area contributed by atoms with Crippen molar-refractivity contribution in [1.82, 2.24) is 15.1 Å². The zero-order chi connectivity index (χ0) is 16.7. The number of carbonyl (C=O) groups is 1. The van der Waals surface area contributed by atoms with Crippen molar-refractivity contribution in [3.8, 4) is 17.2 Å². The Morgan fingerprint density at radius 1 is 1.33 bits per heavy atom. The molecule has 0 radical (unpaired) electrons. The van der Waals surface area contributed by atoms with E-state index in [9.17, 15) is 4.79 Å². The Balaban J connectivity index is 1.77. The van der Waals surface area contributed by atoms with E-state index in [1.807, 2.05) is 42.5 Å². The third-order valence-electron chi connectivity index (χ3n) is 4.34. The Hall–Kier alpha value is -3.39.